The largest absolute Gasteiger partial charge is 0.497 e. The molecule has 0 aliphatic rings. The van der Waals surface area contributed by atoms with Gasteiger partial charge in [0, 0.05) is 12.1 Å². The van der Waals surface area contributed by atoms with Crippen molar-refractivity contribution in [3.8, 4) is 16.3 Å². The van der Waals surface area contributed by atoms with Gasteiger partial charge in [0.2, 0.25) is 0 Å². The van der Waals surface area contributed by atoms with Gasteiger partial charge in [0.05, 0.1) is 18.5 Å². The van der Waals surface area contributed by atoms with E-state index in [1.807, 2.05) is 24.3 Å². The van der Waals surface area contributed by atoms with E-state index in [0.29, 0.717) is 16.3 Å². The van der Waals surface area contributed by atoms with Gasteiger partial charge in [-0.15, -0.1) is 11.3 Å². The number of aryl methyl sites for hydroxylation is 1. The van der Waals surface area contributed by atoms with E-state index in [1.54, 1.807) is 38.3 Å². The number of hydrogen-bond donors (Lipinski definition) is 3. The third-order valence-electron chi connectivity index (χ3n) is 3.98. The zero-order valence-electron chi connectivity index (χ0n) is 15.8. The van der Waals surface area contributed by atoms with E-state index in [-0.39, 0.29) is 12.5 Å². The molecule has 0 radical (unpaired) electrons. The number of methoxy groups -OCH3 is 1. The highest BCUT2D eigenvalue weighted by atomic mass is 32.2. The first-order valence-electron chi connectivity index (χ1n) is 8.54. The first-order chi connectivity index (χ1) is 13.7. The standard InChI is InChI=1S/C19H20N4O4S2/c1-12-17(28-19(22-12)14-6-8-16(27-2)9-7-14)18(24)21-11-13-4-3-5-15(10-13)23-29(20,25)26/h3-10,23H,11H2,1-2H3,(H,21,24)(H2,20,25,26). The highest BCUT2D eigenvalue weighted by Gasteiger charge is 2.16. The van der Waals surface area contributed by atoms with Crippen LogP contribution in [0.1, 0.15) is 20.9 Å². The van der Waals surface area contributed by atoms with Crippen LogP contribution in [0.2, 0.25) is 0 Å². The van der Waals surface area contributed by atoms with Crippen molar-refractivity contribution in [1.82, 2.24) is 10.3 Å². The number of benzene rings is 2. The van der Waals surface area contributed by atoms with Gasteiger partial charge in [-0.3, -0.25) is 9.52 Å². The van der Waals surface area contributed by atoms with E-state index in [2.05, 4.69) is 15.0 Å². The summed E-state index contributed by atoms with van der Waals surface area (Å²) in [4.78, 5) is 17.6. The van der Waals surface area contributed by atoms with Crippen LogP contribution in [0.15, 0.2) is 48.5 Å². The Balaban J connectivity index is 1.70. The number of amides is 1. The average molecular weight is 433 g/mol. The van der Waals surface area contributed by atoms with Gasteiger partial charge in [-0.05, 0) is 48.9 Å². The number of hydrogen-bond acceptors (Lipinski definition) is 6. The molecular weight excluding hydrogens is 412 g/mol. The normalized spacial score (nSPS) is 11.1. The number of aromatic nitrogens is 1. The molecule has 0 saturated carbocycles. The summed E-state index contributed by atoms with van der Waals surface area (Å²) < 4.78 is 29.6. The van der Waals surface area contributed by atoms with Gasteiger partial charge in [0.15, 0.2) is 0 Å². The molecule has 3 aromatic rings. The zero-order valence-corrected chi connectivity index (χ0v) is 17.4. The van der Waals surface area contributed by atoms with Crippen LogP contribution in [0.4, 0.5) is 5.69 Å². The minimum Gasteiger partial charge on any atom is -0.497 e. The SMILES string of the molecule is COc1ccc(-c2nc(C)c(C(=O)NCc3cccc(NS(N)(=O)=O)c3)s2)cc1. The van der Waals surface area contributed by atoms with E-state index >= 15 is 0 Å². The van der Waals surface area contributed by atoms with Gasteiger partial charge in [-0.25, -0.2) is 10.1 Å². The molecule has 8 nitrogen and oxygen atoms in total. The Morgan fingerprint density at radius 3 is 2.59 bits per heavy atom. The number of carbonyl (C=O) groups is 1. The summed E-state index contributed by atoms with van der Waals surface area (Å²) in [5.41, 5.74) is 2.60. The maximum atomic E-state index is 12.6. The average Bonchev–Trinajstić information content (AvgIpc) is 3.07. The summed E-state index contributed by atoms with van der Waals surface area (Å²) >= 11 is 1.31. The molecule has 4 N–H and O–H groups in total. The second kappa shape index (κ2) is 8.60. The van der Waals surface area contributed by atoms with Crippen molar-refractivity contribution < 1.29 is 17.9 Å². The van der Waals surface area contributed by atoms with Crippen molar-refractivity contribution in [1.29, 1.82) is 0 Å². The van der Waals surface area contributed by atoms with Crippen molar-refractivity contribution in [3.05, 3.63) is 64.7 Å². The van der Waals surface area contributed by atoms with Gasteiger partial charge in [0.1, 0.15) is 15.6 Å². The Labute approximate surface area is 172 Å². The van der Waals surface area contributed by atoms with E-state index in [9.17, 15) is 13.2 Å². The Morgan fingerprint density at radius 1 is 1.21 bits per heavy atom. The fourth-order valence-corrected chi connectivity index (χ4v) is 4.08. The number of ether oxygens (including phenoxy) is 1. The van der Waals surface area contributed by atoms with Gasteiger partial charge >= 0.3 is 0 Å². The Hall–Kier alpha value is -2.95. The summed E-state index contributed by atoms with van der Waals surface area (Å²) in [7, 11) is -2.25. The van der Waals surface area contributed by atoms with E-state index < -0.39 is 10.2 Å². The maximum absolute atomic E-state index is 12.6. The number of carbonyl (C=O) groups excluding carboxylic acids is 1. The summed E-state index contributed by atoms with van der Waals surface area (Å²) in [6.45, 7) is 2.02. The summed E-state index contributed by atoms with van der Waals surface area (Å²) in [5.74, 6) is 0.503. The molecule has 0 aliphatic carbocycles. The predicted molar refractivity (Wildman–Crippen MR) is 113 cm³/mol. The number of rotatable bonds is 7. The first-order valence-corrected chi connectivity index (χ1v) is 10.9. The Kier molecular flexibility index (Phi) is 6.16. The van der Waals surface area contributed by atoms with E-state index in [1.165, 1.54) is 11.3 Å². The zero-order chi connectivity index (χ0) is 21.0. The molecule has 2 aromatic carbocycles. The molecule has 3 rings (SSSR count). The maximum Gasteiger partial charge on any atom is 0.296 e. The smallest absolute Gasteiger partial charge is 0.296 e. The molecule has 0 atom stereocenters. The van der Waals surface area contributed by atoms with Crippen LogP contribution in [0, 0.1) is 6.92 Å². The van der Waals surface area contributed by atoms with Gasteiger partial charge < -0.3 is 10.1 Å². The third kappa shape index (κ3) is 5.53. The van der Waals surface area contributed by atoms with Crippen molar-refractivity contribution in [2.24, 2.45) is 5.14 Å². The molecular formula is C19H20N4O4S2. The van der Waals surface area contributed by atoms with E-state index in [0.717, 1.165) is 21.9 Å². The summed E-state index contributed by atoms with van der Waals surface area (Å²) in [6.07, 6.45) is 0. The molecule has 10 heteroatoms. The van der Waals surface area contributed by atoms with Crippen LogP contribution < -0.4 is 19.9 Å². The summed E-state index contributed by atoms with van der Waals surface area (Å²) in [6, 6.07) is 14.1. The first kappa shape index (κ1) is 20.8. The minimum absolute atomic E-state index is 0.230. The fourth-order valence-electron chi connectivity index (χ4n) is 2.64. The van der Waals surface area contributed by atoms with Gasteiger partial charge in [-0.2, -0.15) is 8.42 Å². The Bertz CT molecular complexity index is 1130. The lowest BCUT2D eigenvalue weighted by molar-refractivity contribution is 0.0954. The fraction of sp³-hybridized carbons (Fsp3) is 0.158. The van der Waals surface area contributed by atoms with Gasteiger partial charge in [0.25, 0.3) is 16.1 Å². The number of anilines is 1. The molecule has 1 heterocycles. The number of nitrogens with one attached hydrogen (secondary N) is 2. The lowest BCUT2D eigenvalue weighted by Gasteiger charge is -2.07. The molecule has 0 saturated heterocycles. The second-order valence-corrected chi connectivity index (χ2v) is 8.49. The highest BCUT2D eigenvalue weighted by molar-refractivity contribution is 7.90. The van der Waals surface area contributed by atoms with Crippen LogP contribution in [0.3, 0.4) is 0 Å². The van der Waals surface area contributed by atoms with Crippen LogP contribution >= 0.6 is 11.3 Å². The molecule has 0 unspecified atom stereocenters. The molecule has 1 aromatic heterocycles. The predicted octanol–water partition coefficient (Wildman–Crippen LogP) is 2.67. The molecule has 1 amide bonds. The molecule has 0 fully saturated rings. The molecule has 29 heavy (non-hydrogen) atoms. The number of nitrogens with two attached hydrogens (primary N) is 1. The van der Waals surface area contributed by atoms with Crippen molar-refractivity contribution in [2.45, 2.75) is 13.5 Å². The number of nitrogens with zero attached hydrogens (tertiary/aromatic N) is 1. The van der Waals surface area contributed by atoms with Crippen LogP contribution in [0.5, 0.6) is 5.75 Å². The third-order valence-corrected chi connectivity index (χ3v) is 5.71. The molecule has 0 spiro atoms. The van der Waals surface area contributed by atoms with Gasteiger partial charge in [-0.1, -0.05) is 12.1 Å². The van der Waals surface area contributed by atoms with Crippen LogP contribution in [0.25, 0.3) is 10.6 Å². The summed E-state index contributed by atoms with van der Waals surface area (Å²) in [5, 5.41) is 8.55. The van der Waals surface area contributed by atoms with Crippen molar-refractivity contribution >= 4 is 33.1 Å². The second-order valence-electron chi connectivity index (χ2n) is 6.19. The quantitative estimate of drug-likeness (QED) is 0.530. The highest BCUT2D eigenvalue weighted by Crippen LogP contribution is 2.29. The van der Waals surface area contributed by atoms with Crippen LogP contribution in [-0.4, -0.2) is 26.4 Å². The topological polar surface area (TPSA) is 123 Å². The minimum atomic E-state index is -3.85. The monoisotopic (exact) mass is 432 g/mol. The lowest BCUT2D eigenvalue weighted by atomic mass is 10.2. The molecule has 0 bridgehead atoms. The van der Waals surface area contributed by atoms with E-state index in [4.69, 9.17) is 9.88 Å². The molecule has 152 valence electrons. The van der Waals surface area contributed by atoms with Crippen molar-refractivity contribution in [2.75, 3.05) is 11.8 Å². The van der Waals surface area contributed by atoms with Crippen molar-refractivity contribution in [3.63, 3.8) is 0 Å². The Morgan fingerprint density at radius 2 is 1.93 bits per heavy atom. The lowest BCUT2D eigenvalue weighted by Crippen LogP contribution is -2.23. The number of thiazole rings is 1. The molecule has 0 aliphatic heterocycles. The van der Waals surface area contributed by atoms with Crippen LogP contribution in [-0.2, 0) is 16.8 Å².